The molecular formula is C14H26N2. The fourth-order valence-electron chi connectivity index (χ4n) is 3.04. The molecule has 0 bridgehead atoms. The zero-order valence-electron chi connectivity index (χ0n) is 10.7. The van der Waals surface area contributed by atoms with Gasteiger partial charge in [-0.25, -0.2) is 0 Å². The molecule has 0 aromatic rings. The van der Waals surface area contributed by atoms with E-state index in [0.717, 1.165) is 12.0 Å². The second-order valence-corrected chi connectivity index (χ2v) is 5.59. The van der Waals surface area contributed by atoms with Crippen LogP contribution in [0.25, 0.3) is 0 Å². The van der Waals surface area contributed by atoms with Crippen LogP contribution in [0.15, 0.2) is 12.2 Å². The number of hydrogen-bond acceptors (Lipinski definition) is 2. The van der Waals surface area contributed by atoms with Crippen LogP contribution in [0.3, 0.4) is 0 Å². The Bertz CT molecular complexity index is 223. The van der Waals surface area contributed by atoms with Crippen molar-refractivity contribution >= 4 is 0 Å². The second kappa shape index (κ2) is 5.83. The number of nitrogens with zero attached hydrogens (tertiary/aromatic N) is 1. The fourth-order valence-corrected chi connectivity index (χ4v) is 3.04. The van der Waals surface area contributed by atoms with Crippen molar-refractivity contribution in [2.24, 2.45) is 5.92 Å². The van der Waals surface area contributed by atoms with Crippen LogP contribution in [-0.2, 0) is 0 Å². The molecular weight excluding hydrogens is 196 g/mol. The molecule has 1 N–H and O–H groups in total. The predicted octanol–water partition coefficient (Wildman–Crippen LogP) is 2.42. The first-order chi connectivity index (χ1) is 7.75. The van der Waals surface area contributed by atoms with Gasteiger partial charge in [-0.3, -0.25) is 0 Å². The largest absolute Gasteiger partial charge is 0.314 e. The van der Waals surface area contributed by atoms with E-state index in [1.54, 1.807) is 0 Å². The van der Waals surface area contributed by atoms with Crippen LogP contribution in [0.2, 0.25) is 0 Å². The molecule has 0 aromatic carbocycles. The fraction of sp³-hybridized carbons (Fsp3) is 0.857. The van der Waals surface area contributed by atoms with Crippen molar-refractivity contribution in [1.29, 1.82) is 0 Å². The Hall–Kier alpha value is -0.340. The van der Waals surface area contributed by atoms with Crippen LogP contribution in [0, 0.1) is 5.92 Å². The average Bonchev–Trinajstić information content (AvgIpc) is 2.80. The van der Waals surface area contributed by atoms with E-state index in [1.165, 1.54) is 63.9 Å². The van der Waals surface area contributed by atoms with Gasteiger partial charge in [-0.15, -0.1) is 6.58 Å². The molecule has 2 heteroatoms. The Kier molecular flexibility index (Phi) is 4.42. The van der Waals surface area contributed by atoms with Crippen LogP contribution in [0.1, 0.15) is 39.0 Å². The maximum atomic E-state index is 3.98. The molecule has 2 rings (SSSR count). The van der Waals surface area contributed by atoms with E-state index in [0.29, 0.717) is 0 Å². The topological polar surface area (TPSA) is 15.3 Å². The zero-order valence-corrected chi connectivity index (χ0v) is 10.7. The molecule has 0 saturated carbocycles. The van der Waals surface area contributed by atoms with Crippen LogP contribution in [0.4, 0.5) is 0 Å². The summed E-state index contributed by atoms with van der Waals surface area (Å²) in [6.07, 6.45) is 6.77. The SMILES string of the molecule is C=C(C)CCN1CCC(C2CCCN2)CC1. The Morgan fingerprint density at radius 3 is 2.62 bits per heavy atom. The number of piperidine rings is 1. The van der Waals surface area contributed by atoms with Crippen molar-refractivity contribution in [1.82, 2.24) is 10.2 Å². The van der Waals surface area contributed by atoms with Crippen molar-refractivity contribution in [2.45, 2.75) is 45.1 Å². The van der Waals surface area contributed by atoms with E-state index >= 15 is 0 Å². The number of likely N-dealkylation sites (tertiary alicyclic amines) is 1. The molecule has 16 heavy (non-hydrogen) atoms. The number of nitrogens with one attached hydrogen (secondary N) is 1. The summed E-state index contributed by atoms with van der Waals surface area (Å²) >= 11 is 0. The number of hydrogen-bond donors (Lipinski definition) is 1. The summed E-state index contributed by atoms with van der Waals surface area (Å²) in [5.41, 5.74) is 1.32. The monoisotopic (exact) mass is 222 g/mol. The van der Waals surface area contributed by atoms with E-state index < -0.39 is 0 Å². The minimum atomic E-state index is 0.836. The van der Waals surface area contributed by atoms with Crippen molar-refractivity contribution in [3.05, 3.63) is 12.2 Å². The zero-order chi connectivity index (χ0) is 11.4. The Balaban J connectivity index is 1.67. The summed E-state index contributed by atoms with van der Waals surface area (Å²) < 4.78 is 0. The summed E-state index contributed by atoms with van der Waals surface area (Å²) in [4.78, 5) is 2.61. The lowest BCUT2D eigenvalue weighted by Gasteiger charge is -2.34. The third-order valence-corrected chi connectivity index (χ3v) is 4.15. The lowest BCUT2D eigenvalue weighted by molar-refractivity contribution is 0.165. The lowest BCUT2D eigenvalue weighted by atomic mass is 9.88. The molecule has 1 unspecified atom stereocenters. The third-order valence-electron chi connectivity index (χ3n) is 4.15. The van der Waals surface area contributed by atoms with E-state index in [9.17, 15) is 0 Å². The number of rotatable bonds is 4. The molecule has 0 aliphatic carbocycles. The molecule has 2 heterocycles. The average molecular weight is 222 g/mol. The van der Waals surface area contributed by atoms with Crippen LogP contribution in [-0.4, -0.2) is 37.1 Å². The molecule has 2 fully saturated rings. The molecule has 2 nitrogen and oxygen atoms in total. The summed E-state index contributed by atoms with van der Waals surface area (Å²) in [6.45, 7) is 11.2. The van der Waals surface area contributed by atoms with Gasteiger partial charge in [0.15, 0.2) is 0 Å². The molecule has 2 saturated heterocycles. The van der Waals surface area contributed by atoms with Crippen LogP contribution < -0.4 is 5.32 Å². The summed E-state index contributed by atoms with van der Waals surface area (Å²) in [5.74, 6) is 0.948. The highest BCUT2D eigenvalue weighted by molar-refractivity contribution is 4.90. The summed E-state index contributed by atoms with van der Waals surface area (Å²) in [7, 11) is 0. The maximum Gasteiger partial charge on any atom is 0.00967 e. The van der Waals surface area contributed by atoms with E-state index in [-0.39, 0.29) is 0 Å². The first-order valence-corrected chi connectivity index (χ1v) is 6.86. The Labute approximate surface area is 100 Å². The molecule has 0 spiro atoms. The maximum absolute atomic E-state index is 3.98. The molecule has 2 aliphatic heterocycles. The summed E-state index contributed by atoms with van der Waals surface area (Å²) in [6, 6.07) is 0.836. The first-order valence-electron chi connectivity index (χ1n) is 6.86. The van der Waals surface area contributed by atoms with Gasteiger partial charge in [0.1, 0.15) is 0 Å². The quantitative estimate of drug-likeness (QED) is 0.735. The predicted molar refractivity (Wildman–Crippen MR) is 69.6 cm³/mol. The van der Waals surface area contributed by atoms with Crippen molar-refractivity contribution in [3.8, 4) is 0 Å². The van der Waals surface area contributed by atoms with Gasteiger partial charge in [0.2, 0.25) is 0 Å². The lowest BCUT2D eigenvalue weighted by Crippen LogP contribution is -2.41. The van der Waals surface area contributed by atoms with E-state index in [2.05, 4.69) is 23.7 Å². The normalized spacial score (nSPS) is 28.4. The van der Waals surface area contributed by atoms with Gasteiger partial charge in [0, 0.05) is 12.6 Å². The highest BCUT2D eigenvalue weighted by Crippen LogP contribution is 2.25. The van der Waals surface area contributed by atoms with Gasteiger partial charge in [0.25, 0.3) is 0 Å². The first kappa shape index (κ1) is 12.1. The molecule has 2 aliphatic rings. The van der Waals surface area contributed by atoms with Crippen molar-refractivity contribution in [2.75, 3.05) is 26.2 Å². The Morgan fingerprint density at radius 1 is 1.31 bits per heavy atom. The second-order valence-electron chi connectivity index (χ2n) is 5.59. The van der Waals surface area contributed by atoms with Crippen LogP contribution >= 0.6 is 0 Å². The smallest absolute Gasteiger partial charge is 0.00967 e. The van der Waals surface area contributed by atoms with Crippen LogP contribution in [0.5, 0.6) is 0 Å². The standard InChI is InChI=1S/C14H26N2/c1-12(2)5-9-16-10-6-13(7-11-16)14-4-3-8-15-14/h13-15H,1,3-11H2,2H3. The van der Waals surface area contributed by atoms with Crippen molar-refractivity contribution < 1.29 is 0 Å². The van der Waals surface area contributed by atoms with Crippen molar-refractivity contribution in [3.63, 3.8) is 0 Å². The minimum absolute atomic E-state index is 0.836. The van der Waals surface area contributed by atoms with Gasteiger partial charge < -0.3 is 10.2 Å². The highest BCUT2D eigenvalue weighted by atomic mass is 15.1. The molecule has 0 radical (unpaired) electrons. The molecule has 0 amide bonds. The molecule has 1 atom stereocenters. The van der Waals surface area contributed by atoms with Gasteiger partial charge in [0.05, 0.1) is 0 Å². The van der Waals surface area contributed by atoms with Gasteiger partial charge >= 0.3 is 0 Å². The molecule has 0 aromatic heterocycles. The minimum Gasteiger partial charge on any atom is -0.314 e. The van der Waals surface area contributed by atoms with Gasteiger partial charge in [-0.2, -0.15) is 0 Å². The van der Waals surface area contributed by atoms with Gasteiger partial charge in [-0.05, 0) is 64.6 Å². The van der Waals surface area contributed by atoms with E-state index in [4.69, 9.17) is 0 Å². The third kappa shape index (κ3) is 3.33. The summed E-state index contributed by atoms with van der Waals surface area (Å²) in [5, 5.41) is 3.66. The van der Waals surface area contributed by atoms with E-state index in [1.807, 2.05) is 0 Å². The van der Waals surface area contributed by atoms with Gasteiger partial charge in [-0.1, -0.05) is 5.57 Å². The Morgan fingerprint density at radius 2 is 2.06 bits per heavy atom. The molecule has 92 valence electrons. The highest BCUT2D eigenvalue weighted by Gasteiger charge is 2.27.